The molecule has 0 bridgehead atoms. The summed E-state index contributed by atoms with van der Waals surface area (Å²) in [5.74, 6) is -1.39. The van der Waals surface area contributed by atoms with Gasteiger partial charge in [0.15, 0.2) is 6.10 Å². The Hall–Kier alpha value is -2.72. The van der Waals surface area contributed by atoms with Crippen LogP contribution < -0.4 is 5.32 Å². The Balaban J connectivity index is 2.41. The summed E-state index contributed by atoms with van der Waals surface area (Å²) < 4.78 is 11.4. The van der Waals surface area contributed by atoms with E-state index in [1.807, 2.05) is 21.6 Å². The Labute approximate surface area is 297 Å². The lowest BCUT2D eigenvalue weighted by molar-refractivity contribution is -0.169. The van der Waals surface area contributed by atoms with E-state index in [1.165, 1.54) is 0 Å². The second kappa shape index (κ2) is 26.2. The number of allylic oxidation sites excluding steroid dienone is 10. The summed E-state index contributed by atoms with van der Waals surface area (Å²) >= 11 is 0. The fourth-order valence-corrected chi connectivity index (χ4v) is 8.01. The number of aliphatic carboxylic acids is 1. The van der Waals surface area contributed by atoms with Crippen molar-refractivity contribution in [3.63, 3.8) is 0 Å². The number of ether oxygens (including phenoxy) is 2. The van der Waals surface area contributed by atoms with Gasteiger partial charge >= 0.3 is 17.9 Å². The van der Waals surface area contributed by atoms with E-state index in [2.05, 4.69) is 79.9 Å². The third kappa shape index (κ3) is 22.0. The fraction of sp³-hybridized carbons (Fsp3) is 0.632. The summed E-state index contributed by atoms with van der Waals surface area (Å²) in [5, 5.41) is 11.5. The van der Waals surface area contributed by atoms with Gasteiger partial charge in [-0.2, -0.15) is 0 Å². The molecule has 0 radical (unpaired) electrons. The van der Waals surface area contributed by atoms with E-state index >= 15 is 0 Å². The maximum atomic E-state index is 13.0. The SMILES string of the molecule is CCC=CCC=CCC=CCC=CCC=CCCCC(=O)OCC(C)(C)[C@H](OC(=O)CCCC[C@]1(C)CCSS1)C(=O)NCCC(=O)O. The predicted molar refractivity (Wildman–Crippen MR) is 200 cm³/mol. The van der Waals surface area contributed by atoms with E-state index in [0.29, 0.717) is 12.8 Å². The molecule has 1 rings (SSSR count). The summed E-state index contributed by atoms with van der Waals surface area (Å²) in [6.45, 7) is 7.56. The second-order valence-electron chi connectivity index (χ2n) is 12.9. The Morgan fingerprint density at radius 3 is 1.98 bits per heavy atom. The molecule has 1 saturated heterocycles. The summed E-state index contributed by atoms with van der Waals surface area (Å²) in [6, 6.07) is 0. The fourth-order valence-electron chi connectivity index (χ4n) is 4.71. The molecule has 0 unspecified atom stereocenters. The maximum Gasteiger partial charge on any atom is 0.306 e. The lowest BCUT2D eigenvalue weighted by Gasteiger charge is -2.32. The lowest BCUT2D eigenvalue weighted by atomic mass is 9.86. The molecule has 1 fully saturated rings. The first kappa shape index (κ1) is 43.3. The van der Waals surface area contributed by atoms with E-state index in [9.17, 15) is 19.2 Å². The molecular formula is C38H59NO7S2. The zero-order valence-electron chi connectivity index (χ0n) is 29.6. The highest BCUT2D eigenvalue weighted by Gasteiger charge is 2.40. The number of esters is 2. The van der Waals surface area contributed by atoms with E-state index in [4.69, 9.17) is 14.6 Å². The molecule has 1 aliphatic rings. The molecule has 48 heavy (non-hydrogen) atoms. The Bertz CT molecular complexity index is 1100. The first-order chi connectivity index (χ1) is 23.0. The van der Waals surface area contributed by atoms with Gasteiger partial charge in [-0.15, -0.1) is 0 Å². The van der Waals surface area contributed by atoms with Gasteiger partial charge in [0, 0.05) is 35.3 Å². The van der Waals surface area contributed by atoms with Crippen molar-refractivity contribution < 1.29 is 33.8 Å². The van der Waals surface area contributed by atoms with Crippen molar-refractivity contribution >= 4 is 45.4 Å². The van der Waals surface area contributed by atoms with E-state index in [-0.39, 0.29) is 43.1 Å². The number of carboxylic acids is 1. The standard InChI is InChI=1S/C38H59NO7S2/c1-5-6-7-8-9-10-11-12-13-14-15-16-17-18-19-20-21-24-33(42)45-31-37(2,3)35(36(44)39-29-26-32(40)41)46-34(43)25-22-23-27-38(4)28-30-47-48-38/h6-7,9-10,12-13,15-16,18-19,35H,5,8,11,14,17,20-31H2,1-4H3,(H,39,44)(H,40,41)/t35-,38-/m1/s1. The zero-order valence-corrected chi connectivity index (χ0v) is 31.2. The van der Waals surface area contributed by atoms with Gasteiger partial charge in [-0.25, -0.2) is 0 Å². The topological polar surface area (TPSA) is 119 Å². The van der Waals surface area contributed by atoms with E-state index in [0.717, 1.165) is 63.5 Å². The molecule has 0 spiro atoms. The highest BCUT2D eigenvalue weighted by molar-refractivity contribution is 8.77. The molecule has 0 aromatic rings. The van der Waals surface area contributed by atoms with Gasteiger partial charge in [0.1, 0.15) is 6.61 Å². The number of carbonyl (C=O) groups excluding carboxylic acids is 3. The highest BCUT2D eigenvalue weighted by Crippen LogP contribution is 2.49. The number of amides is 1. The summed E-state index contributed by atoms with van der Waals surface area (Å²) in [5.41, 5.74) is -1.02. The molecule has 1 aliphatic heterocycles. The number of unbranched alkanes of at least 4 members (excludes halogenated alkanes) is 2. The summed E-state index contributed by atoms with van der Waals surface area (Å²) in [7, 11) is 3.79. The van der Waals surface area contributed by atoms with Gasteiger partial charge in [0.25, 0.3) is 5.91 Å². The minimum Gasteiger partial charge on any atom is -0.481 e. The van der Waals surface area contributed by atoms with Gasteiger partial charge in [-0.1, -0.05) is 110 Å². The second-order valence-corrected chi connectivity index (χ2v) is 15.9. The smallest absolute Gasteiger partial charge is 0.306 e. The summed E-state index contributed by atoms with van der Waals surface area (Å²) in [6.07, 6.45) is 30.2. The molecule has 0 aromatic carbocycles. The number of hydrogen-bond donors (Lipinski definition) is 2. The van der Waals surface area contributed by atoms with Crippen LogP contribution in [0.1, 0.15) is 118 Å². The Morgan fingerprint density at radius 1 is 0.833 bits per heavy atom. The van der Waals surface area contributed by atoms with Crippen LogP contribution in [0, 0.1) is 5.41 Å². The van der Waals surface area contributed by atoms with Crippen LogP contribution in [0.2, 0.25) is 0 Å². The average Bonchev–Trinajstić information content (AvgIpc) is 3.48. The first-order valence-electron chi connectivity index (χ1n) is 17.4. The highest BCUT2D eigenvalue weighted by atomic mass is 33.1. The van der Waals surface area contributed by atoms with Gasteiger partial charge in [-0.05, 0) is 71.1 Å². The van der Waals surface area contributed by atoms with Crippen LogP contribution in [0.4, 0.5) is 0 Å². The molecule has 0 saturated carbocycles. The quantitative estimate of drug-likeness (QED) is 0.0393. The van der Waals surface area contributed by atoms with Crippen LogP contribution >= 0.6 is 21.6 Å². The predicted octanol–water partition coefficient (Wildman–Crippen LogP) is 9.08. The summed E-state index contributed by atoms with van der Waals surface area (Å²) in [4.78, 5) is 49.1. The number of rotatable bonds is 26. The van der Waals surface area contributed by atoms with Crippen LogP contribution in [-0.4, -0.2) is 58.7 Å². The van der Waals surface area contributed by atoms with Gasteiger partial charge in [0.2, 0.25) is 0 Å². The number of carbonyl (C=O) groups is 4. The van der Waals surface area contributed by atoms with Crippen molar-refractivity contribution in [3.05, 3.63) is 60.8 Å². The van der Waals surface area contributed by atoms with Crippen molar-refractivity contribution in [1.82, 2.24) is 5.32 Å². The van der Waals surface area contributed by atoms with Gasteiger partial charge in [-0.3, -0.25) is 19.2 Å². The third-order valence-corrected chi connectivity index (χ3v) is 11.0. The Morgan fingerprint density at radius 2 is 1.42 bits per heavy atom. The molecule has 0 aromatic heterocycles. The minimum atomic E-state index is -1.23. The number of carboxylic acid groups (broad SMARTS) is 1. The molecule has 270 valence electrons. The number of nitrogens with one attached hydrogen (secondary N) is 1. The molecule has 2 atom stereocenters. The largest absolute Gasteiger partial charge is 0.481 e. The van der Waals surface area contributed by atoms with Crippen molar-refractivity contribution in [2.45, 2.75) is 128 Å². The maximum absolute atomic E-state index is 13.0. The molecule has 2 N–H and O–H groups in total. The lowest BCUT2D eigenvalue weighted by Crippen LogP contribution is -2.49. The van der Waals surface area contributed by atoms with Crippen molar-refractivity contribution in [1.29, 1.82) is 0 Å². The van der Waals surface area contributed by atoms with E-state index < -0.39 is 29.4 Å². The van der Waals surface area contributed by atoms with Crippen LogP contribution in [0.3, 0.4) is 0 Å². The van der Waals surface area contributed by atoms with Crippen molar-refractivity contribution in [3.8, 4) is 0 Å². The normalized spacial score (nSPS) is 17.7. The minimum absolute atomic E-state index is 0.0951. The first-order valence-corrected chi connectivity index (χ1v) is 19.7. The molecule has 0 aliphatic carbocycles. The van der Waals surface area contributed by atoms with E-state index in [1.54, 1.807) is 13.8 Å². The average molecular weight is 706 g/mol. The van der Waals surface area contributed by atoms with Crippen molar-refractivity contribution in [2.24, 2.45) is 5.41 Å². The van der Waals surface area contributed by atoms with Crippen LogP contribution in [0.25, 0.3) is 0 Å². The van der Waals surface area contributed by atoms with Crippen LogP contribution in [0.15, 0.2) is 60.8 Å². The van der Waals surface area contributed by atoms with Crippen molar-refractivity contribution in [2.75, 3.05) is 18.9 Å². The van der Waals surface area contributed by atoms with Gasteiger partial charge in [0.05, 0.1) is 6.42 Å². The molecular weight excluding hydrogens is 647 g/mol. The zero-order chi connectivity index (χ0) is 35.5. The van der Waals surface area contributed by atoms with Crippen LogP contribution in [0.5, 0.6) is 0 Å². The molecule has 10 heteroatoms. The molecule has 1 amide bonds. The monoisotopic (exact) mass is 705 g/mol. The number of hydrogen-bond acceptors (Lipinski definition) is 8. The molecule has 8 nitrogen and oxygen atoms in total. The molecule has 1 heterocycles. The Kier molecular flexibility index (Phi) is 23.6. The van der Waals surface area contributed by atoms with Gasteiger partial charge < -0.3 is 19.9 Å². The van der Waals surface area contributed by atoms with Crippen LogP contribution in [-0.2, 0) is 28.7 Å². The third-order valence-electron chi connectivity index (χ3n) is 7.66.